The van der Waals surface area contributed by atoms with Crippen molar-refractivity contribution < 1.29 is 24.2 Å². The van der Waals surface area contributed by atoms with E-state index in [4.69, 9.17) is 9.84 Å². The molecule has 6 nitrogen and oxygen atoms in total. The van der Waals surface area contributed by atoms with E-state index in [0.29, 0.717) is 13.0 Å². The summed E-state index contributed by atoms with van der Waals surface area (Å²) in [6, 6.07) is 0. The maximum atomic E-state index is 12.4. The van der Waals surface area contributed by atoms with Gasteiger partial charge in [0.15, 0.2) is 0 Å². The summed E-state index contributed by atoms with van der Waals surface area (Å²) >= 11 is 0. The Hall–Kier alpha value is -1.59. The fraction of sp³-hybridized carbons (Fsp3) is 0.786. The highest BCUT2D eigenvalue weighted by atomic mass is 16.5. The van der Waals surface area contributed by atoms with Gasteiger partial charge < -0.3 is 14.7 Å². The number of carboxylic acids is 1. The highest BCUT2D eigenvalue weighted by Crippen LogP contribution is 2.59. The summed E-state index contributed by atoms with van der Waals surface area (Å²) in [5, 5.41) is 9.12. The molecule has 1 N–H and O–H groups in total. The first-order valence-corrected chi connectivity index (χ1v) is 6.94. The van der Waals surface area contributed by atoms with Crippen LogP contribution in [-0.2, 0) is 19.1 Å². The van der Waals surface area contributed by atoms with Crippen molar-refractivity contribution in [1.82, 2.24) is 4.90 Å². The number of hydrogen-bond acceptors (Lipinski definition) is 4. The van der Waals surface area contributed by atoms with Gasteiger partial charge in [-0.15, -0.1) is 0 Å². The van der Waals surface area contributed by atoms with Crippen LogP contribution >= 0.6 is 0 Å². The number of amides is 1. The van der Waals surface area contributed by atoms with E-state index in [1.807, 2.05) is 6.92 Å². The molecule has 1 amide bonds. The summed E-state index contributed by atoms with van der Waals surface area (Å²) in [6.07, 6.45) is 0.704. The third kappa shape index (κ3) is 3.29. The molecule has 0 aromatic rings. The van der Waals surface area contributed by atoms with Crippen LogP contribution in [0.5, 0.6) is 0 Å². The van der Waals surface area contributed by atoms with Gasteiger partial charge in [-0.25, -0.2) is 0 Å². The van der Waals surface area contributed by atoms with Crippen molar-refractivity contribution in [3.8, 4) is 0 Å². The Morgan fingerprint density at radius 1 is 1.20 bits per heavy atom. The molecule has 0 unspecified atom stereocenters. The molecule has 1 rings (SSSR count). The molecule has 2 atom stereocenters. The standard InChI is InChI=1S/C14H23NO5/c1-5-7-15(8-9(16)20-6-2)12(17)10-11(13(18)19)14(10,3)4/h10-11H,5-8H2,1-4H3,(H,18,19)/t10-,11+/m1/s1. The number of carbonyl (C=O) groups is 3. The van der Waals surface area contributed by atoms with Crippen molar-refractivity contribution in [2.75, 3.05) is 19.7 Å². The van der Waals surface area contributed by atoms with E-state index < -0.39 is 29.2 Å². The van der Waals surface area contributed by atoms with Gasteiger partial charge in [0.05, 0.1) is 18.4 Å². The van der Waals surface area contributed by atoms with E-state index in [2.05, 4.69) is 0 Å². The molecule has 0 aliphatic heterocycles. The van der Waals surface area contributed by atoms with E-state index in [-0.39, 0.29) is 19.1 Å². The van der Waals surface area contributed by atoms with Crippen LogP contribution < -0.4 is 0 Å². The summed E-state index contributed by atoms with van der Waals surface area (Å²) in [7, 11) is 0. The van der Waals surface area contributed by atoms with E-state index in [1.54, 1.807) is 20.8 Å². The van der Waals surface area contributed by atoms with Gasteiger partial charge in [-0.05, 0) is 18.8 Å². The van der Waals surface area contributed by atoms with Crippen molar-refractivity contribution in [1.29, 1.82) is 0 Å². The van der Waals surface area contributed by atoms with Gasteiger partial charge >= 0.3 is 11.9 Å². The number of ether oxygens (including phenoxy) is 1. The zero-order valence-electron chi connectivity index (χ0n) is 12.5. The van der Waals surface area contributed by atoms with Gasteiger partial charge in [0, 0.05) is 6.54 Å². The lowest BCUT2D eigenvalue weighted by Crippen LogP contribution is -2.39. The number of carbonyl (C=O) groups excluding carboxylic acids is 2. The minimum absolute atomic E-state index is 0.112. The summed E-state index contributed by atoms with van der Waals surface area (Å²) < 4.78 is 4.85. The van der Waals surface area contributed by atoms with Crippen LogP contribution in [0.25, 0.3) is 0 Å². The smallest absolute Gasteiger partial charge is 0.325 e. The maximum absolute atomic E-state index is 12.4. The lowest BCUT2D eigenvalue weighted by atomic mass is 10.1. The molecule has 0 aromatic heterocycles. The molecule has 6 heteroatoms. The number of hydrogen-bond donors (Lipinski definition) is 1. The van der Waals surface area contributed by atoms with Gasteiger partial charge in [0.2, 0.25) is 5.91 Å². The Balaban J connectivity index is 2.75. The quantitative estimate of drug-likeness (QED) is 0.709. The molecule has 1 aliphatic carbocycles. The van der Waals surface area contributed by atoms with Gasteiger partial charge in [0.25, 0.3) is 0 Å². The minimum atomic E-state index is -0.957. The van der Waals surface area contributed by atoms with E-state index in [0.717, 1.165) is 0 Å². The molecule has 1 aliphatic rings. The van der Waals surface area contributed by atoms with Gasteiger partial charge in [0.1, 0.15) is 6.54 Å². The second-order valence-corrected chi connectivity index (χ2v) is 5.68. The molecule has 20 heavy (non-hydrogen) atoms. The molecular weight excluding hydrogens is 262 g/mol. The number of aliphatic carboxylic acids is 1. The monoisotopic (exact) mass is 285 g/mol. The maximum Gasteiger partial charge on any atom is 0.325 e. The molecule has 0 aromatic carbocycles. The molecule has 1 fully saturated rings. The first-order chi connectivity index (χ1) is 9.27. The molecule has 0 heterocycles. The molecular formula is C14H23NO5. The van der Waals surface area contributed by atoms with Crippen molar-refractivity contribution in [3.05, 3.63) is 0 Å². The molecule has 1 saturated carbocycles. The predicted octanol–water partition coefficient (Wildman–Crippen LogP) is 1.14. The lowest BCUT2D eigenvalue weighted by Gasteiger charge is -2.21. The van der Waals surface area contributed by atoms with Crippen LogP contribution in [0.3, 0.4) is 0 Å². The Morgan fingerprint density at radius 2 is 1.80 bits per heavy atom. The van der Waals surface area contributed by atoms with Gasteiger partial charge in [-0.1, -0.05) is 20.8 Å². The van der Waals surface area contributed by atoms with Crippen LogP contribution in [0.1, 0.15) is 34.1 Å². The van der Waals surface area contributed by atoms with Gasteiger partial charge in [-0.3, -0.25) is 14.4 Å². The van der Waals surface area contributed by atoms with E-state index >= 15 is 0 Å². The third-order valence-electron chi connectivity index (χ3n) is 3.79. The summed E-state index contributed by atoms with van der Waals surface area (Å²) in [5.41, 5.74) is -0.552. The normalized spacial score (nSPS) is 23.0. The first-order valence-electron chi connectivity index (χ1n) is 6.94. The fourth-order valence-electron chi connectivity index (χ4n) is 2.66. The average molecular weight is 285 g/mol. The second kappa shape index (κ2) is 6.24. The molecule has 114 valence electrons. The molecule has 0 spiro atoms. The van der Waals surface area contributed by atoms with Crippen molar-refractivity contribution in [2.45, 2.75) is 34.1 Å². The first kappa shape index (κ1) is 16.5. The molecule has 0 saturated heterocycles. The van der Waals surface area contributed by atoms with Crippen molar-refractivity contribution >= 4 is 17.8 Å². The number of rotatable bonds is 7. The van der Waals surface area contributed by atoms with Gasteiger partial charge in [-0.2, -0.15) is 0 Å². The van der Waals surface area contributed by atoms with Crippen LogP contribution in [-0.4, -0.2) is 47.5 Å². The van der Waals surface area contributed by atoms with Crippen molar-refractivity contribution in [3.63, 3.8) is 0 Å². The summed E-state index contributed by atoms with van der Waals surface area (Å²) in [6.45, 7) is 7.72. The van der Waals surface area contributed by atoms with E-state index in [1.165, 1.54) is 4.90 Å². The minimum Gasteiger partial charge on any atom is -0.481 e. The summed E-state index contributed by atoms with van der Waals surface area (Å²) in [4.78, 5) is 36.5. The highest BCUT2D eigenvalue weighted by Gasteiger charge is 2.66. The van der Waals surface area contributed by atoms with Crippen molar-refractivity contribution in [2.24, 2.45) is 17.3 Å². The van der Waals surface area contributed by atoms with E-state index in [9.17, 15) is 14.4 Å². The third-order valence-corrected chi connectivity index (χ3v) is 3.79. The Kier molecular flexibility index (Phi) is 5.14. The number of carboxylic acid groups (broad SMARTS) is 1. The van der Waals surface area contributed by atoms with Crippen LogP contribution in [0.2, 0.25) is 0 Å². The zero-order valence-corrected chi connectivity index (χ0v) is 12.5. The van der Waals surface area contributed by atoms with Crippen LogP contribution in [0.15, 0.2) is 0 Å². The van der Waals surface area contributed by atoms with Crippen LogP contribution in [0, 0.1) is 17.3 Å². The molecule has 0 radical (unpaired) electrons. The summed E-state index contributed by atoms with van der Waals surface area (Å²) in [5.74, 6) is -2.91. The predicted molar refractivity (Wildman–Crippen MR) is 71.9 cm³/mol. The Morgan fingerprint density at radius 3 is 2.20 bits per heavy atom. The zero-order chi connectivity index (χ0) is 15.5. The molecule has 0 bridgehead atoms. The number of esters is 1. The largest absolute Gasteiger partial charge is 0.481 e. The second-order valence-electron chi connectivity index (χ2n) is 5.68. The highest BCUT2D eigenvalue weighted by molar-refractivity contribution is 5.93. The van der Waals surface area contributed by atoms with Crippen LogP contribution in [0.4, 0.5) is 0 Å². The Bertz CT molecular complexity index is 404. The average Bonchev–Trinajstić information content (AvgIpc) is 2.91. The lowest BCUT2D eigenvalue weighted by molar-refractivity contribution is -0.150. The topological polar surface area (TPSA) is 83.9 Å². The Labute approximate surface area is 119 Å². The fourth-order valence-corrected chi connectivity index (χ4v) is 2.66. The SMILES string of the molecule is CCCN(CC(=O)OCC)C(=O)[C@H]1[C@@H](C(=O)O)C1(C)C. The number of nitrogens with zero attached hydrogens (tertiary/aromatic N) is 1.